The maximum absolute atomic E-state index is 13.0. The first-order chi connectivity index (χ1) is 16.6. The number of ether oxygens (including phenoxy) is 1. The van der Waals surface area contributed by atoms with Gasteiger partial charge in [0.1, 0.15) is 18.1 Å². The minimum absolute atomic E-state index is 0.0215. The Hall–Kier alpha value is -4.20. The zero-order valence-corrected chi connectivity index (χ0v) is 18.9. The molecule has 5 rings (SSSR count). The van der Waals surface area contributed by atoms with Gasteiger partial charge in [-0.3, -0.25) is 14.0 Å². The monoisotopic (exact) mass is 455 g/mol. The highest BCUT2D eigenvalue weighted by Crippen LogP contribution is 2.17. The summed E-state index contributed by atoms with van der Waals surface area (Å²) in [5, 5.41) is 0. The van der Waals surface area contributed by atoms with Gasteiger partial charge in [0.25, 0.3) is 11.5 Å². The van der Waals surface area contributed by atoms with Crippen molar-refractivity contribution >= 4 is 17.4 Å². The molecule has 4 aromatic rings. The first-order valence-corrected chi connectivity index (χ1v) is 11.2. The van der Waals surface area contributed by atoms with E-state index in [1.807, 2.05) is 53.4 Å². The number of aromatic nitrogens is 3. The summed E-state index contributed by atoms with van der Waals surface area (Å²) in [5.41, 5.74) is 2.39. The van der Waals surface area contributed by atoms with Crippen molar-refractivity contribution in [1.82, 2.24) is 19.3 Å². The van der Waals surface area contributed by atoms with Gasteiger partial charge in [0.05, 0.1) is 5.56 Å². The molecule has 172 valence electrons. The summed E-state index contributed by atoms with van der Waals surface area (Å²) in [6, 6.07) is 18.6. The lowest BCUT2D eigenvalue weighted by molar-refractivity contribution is 0.0746. The molecule has 0 N–H and O–H groups in total. The van der Waals surface area contributed by atoms with Gasteiger partial charge in [-0.2, -0.15) is 4.98 Å². The number of benzene rings is 1. The van der Waals surface area contributed by atoms with Gasteiger partial charge in [0.15, 0.2) is 0 Å². The van der Waals surface area contributed by atoms with Crippen molar-refractivity contribution in [2.75, 3.05) is 31.1 Å². The fourth-order valence-electron chi connectivity index (χ4n) is 4.05. The molecule has 1 fully saturated rings. The molecule has 1 aliphatic heterocycles. The maximum atomic E-state index is 13.0. The maximum Gasteiger partial charge on any atom is 0.264 e. The Morgan fingerprint density at radius 1 is 0.971 bits per heavy atom. The fourth-order valence-corrected chi connectivity index (χ4v) is 4.05. The first kappa shape index (κ1) is 21.6. The molecular weight excluding hydrogens is 430 g/mol. The number of hydrogen-bond donors (Lipinski definition) is 0. The van der Waals surface area contributed by atoms with Crippen LogP contribution < -0.4 is 15.2 Å². The first-order valence-electron chi connectivity index (χ1n) is 11.2. The van der Waals surface area contributed by atoms with Gasteiger partial charge in [0.2, 0.25) is 5.88 Å². The highest BCUT2D eigenvalue weighted by Gasteiger charge is 2.22. The molecule has 8 nitrogen and oxygen atoms in total. The number of nitrogens with zero attached hydrogens (tertiary/aromatic N) is 5. The topological polar surface area (TPSA) is 80.0 Å². The second kappa shape index (κ2) is 9.35. The minimum atomic E-state index is -0.148. The summed E-state index contributed by atoms with van der Waals surface area (Å²) in [5.74, 6) is 1.29. The van der Waals surface area contributed by atoms with Crippen LogP contribution in [0.3, 0.4) is 0 Å². The average molecular weight is 456 g/mol. The van der Waals surface area contributed by atoms with Crippen LogP contribution in [0.15, 0.2) is 77.9 Å². The molecule has 1 aliphatic rings. The molecule has 1 saturated heterocycles. The van der Waals surface area contributed by atoms with E-state index in [4.69, 9.17) is 4.74 Å². The van der Waals surface area contributed by atoms with E-state index in [0.717, 1.165) is 24.5 Å². The molecule has 0 atom stereocenters. The normalized spacial score (nSPS) is 13.8. The van der Waals surface area contributed by atoms with Gasteiger partial charge < -0.3 is 14.5 Å². The molecule has 34 heavy (non-hydrogen) atoms. The SMILES string of the molecule is Cc1c(OCc2ccc(C(=O)N3CCN(c4ccccn4)CC3)cc2)nc2ccccn2c1=O. The molecule has 0 aliphatic carbocycles. The van der Waals surface area contributed by atoms with E-state index >= 15 is 0 Å². The van der Waals surface area contributed by atoms with Gasteiger partial charge in [0, 0.05) is 44.1 Å². The van der Waals surface area contributed by atoms with E-state index in [1.165, 1.54) is 4.40 Å². The molecule has 0 spiro atoms. The third kappa shape index (κ3) is 4.34. The summed E-state index contributed by atoms with van der Waals surface area (Å²) in [6.07, 6.45) is 3.48. The Bertz CT molecular complexity index is 1360. The van der Waals surface area contributed by atoms with Crippen molar-refractivity contribution in [1.29, 1.82) is 0 Å². The molecule has 0 radical (unpaired) electrons. The fraction of sp³-hybridized carbons (Fsp3) is 0.231. The van der Waals surface area contributed by atoms with Crippen molar-refractivity contribution in [2.45, 2.75) is 13.5 Å². The van der Waals surface area contributed by atoms with Crippen LogP contribution in [0, 0.1) is 6.92 Å². The third-order valence-electron chi connectivity index (χ3n) is 6.03. The number of hydrogen-bond acceptors (Lipinski definition) is 6. The largest absolute Gasteiger partial charge is 0.472 e. The van der Waals surface area contributed by atoms with E-state index in [0.29, 0.717) is 35.7 Å². The standard InChI is InChI=1S/C26H25N5O3/c1-19-24(28-23-7-3-5-13-31(23)25(19)32)34-18-20-8-10-21(11-9-20)26(33)30-16-14-29(15-17-30)22-6-2-4-12-27-22/h2-13H,14-18H2,1H3. The Morgan fingerprint density at radius 2 is 1.74 bits per heavy atom. The zero-order valence-electron chi connectivity index (χ0n) is 18.9. The van der Waals surface area contributed by atoms with E-state index in [9.17, 15) is 9.59 Å². The van der Waals surface area contributed by atoms with Crippen LogP contribution in [0.25, 0.3) is 5.65 Å². The van der Waals surface area contributed by atoms with Crippen molar-refractivity contribution in [3.8, 4) is 5.88 Å². The summed E-state index contributed by atoms with van der Waals surface area (Å²) in [6.45, 7) is 4.79. The molecule has 0 saturated carbocycles. The number of piperazine rings is 1. The van der Waals surface area contributed by atoms with E-state index in [2.05, 4.69) is 14.9 Å². The van der Waals surface area contributed by atoms with E-state index in [-0.39, 0.29) is 18.1 Å². The number of pyridine rings is 2. The Labute approximate surface area is 197 Å². The Morgan fingerprint density at radius 3 is 2.47 bits per heavy atom. The van der Waals surface area contributed by atoms with Crippen LogP contribution in [0.1, 0.15) is 21.5 Å². The number of amides is 1. The summed E-state index contributed by atoms with van der Waals surface area (Å²) < 4.78 is 7.35. The second-order valence-electron chi connectivity index (χ2n) is 8.23. The van der Waals surface area contributed by atoms with Crippen LogP contribution in [0.5, 0.6) is 5.88 Å². The van der Waals surface area contributed by atoms with Gasteiger partial charge in [-0.15, -0.1) is 0 Å². The zero-order chi connectivity index (χ0) is 23.5. The Balaban J connectivity index is 1.21. The lowest BCUT2D eigenvalue weighted by Crippen LogP contribution is -2.49. The van der Waals surface area contributed by atoms with Crippen LogP contribution in [-0.4, -0.2) is 51.4 Å². The number of anilines is 1. The molecule has 0 bridgehead atoms. The number of carbonyl (C=O) groups is 1. The molecule has 3 aromatic heterocycles. The molecule has 4 heterocycles. The second-order valence-corrected chi connectivity index (χ2v) is 8.23. The highest BCUT2D eigenvalue weighted by molar-refractivity contribution is 5.94. The molecule has 1 aromatic carbocycles. The Kier molecular flexibility index (Phi) is 5.95. The van der Waals surface area contributed by atoms with Gasteiger partial charge in [-0.1, -0.05) is 24.3 Å². The van der Waals surface area contributed by atoms with Gasteiger partial charge in [-0.25, -0.2) is 4.98 Å². The summed E-state index contributed by atoms with van der Waals surface area (Å²) >= 11 is 0. The summed E-state index contributed by atoms with van der Waals surface area (Å²) in [7, 11) is 0. The quantitative estimate of drug-likeness (QED) is 0.460. The van der Waals surface area contributed by atoms with Crippen molar-refractivity contribution in [3.05, 3.63) is 100 Å². The van der Waals surface area contributed by atoms with Crippen LogP contribution in [0.2, 0.25) is 0 Å². The van der Waals surface area contributed by atoms with Crippen LogP contribution >= 0.6 is 0 Å². The number of fused-ring (bicyclic) bond motifs is 1. The van der Waals surface area contributed by atoms with E-state index < -0.39 is 0 Å². The van der Waals surface area contributed by atoms with Crippen molar-refractivity contribution in [3.63, 3.8) is 0 Å². The number of carbonyl (C=O) groups excluding carboxylic acids is 1. The summed E-state index contributed by atoms with van der Waals surface area (Å²) in [4.78, 5) is 38.4. The highest BCUT2D eigenvalue weighted by atomic mass is 16.5. The van der Waals surface area contributed by atoms with Crippen LogP contribution in [0.4, 0.5) is 5.82 Å². The predicted molar refractivity (Wildman–Crippen MR) is 129 cm³/mol. The molecule has 0 unspecified atom stereocenters. The smallest absolute Gasteiger partial charge is 0.264 e. The van der Waals surface area contributed by atoms with Crippen molar-refractivity contribution < 1.29 is 9.53 Å². The third-order valence-corrected chi connectivity index (χ3v) is 6.03. The lowest BCUT2D eigenvalue weighted by atomic mass is 10.1. The molecule has 1 amide bonds. The van der Waals surface area contributed by atoms with Crippen molar-refractivity contribution in [2.24, 2.45) is 0 Å². The number of rotatable bonds is 5. The van der Waals surface area contributed by atoms with Gasteiger partial charge in [-0.05, 0) is 48.9 Å². The van der Waals surface area contributed by atoms with Gasteiger partial charge >= 0.3 is 0 Å². The molecular formula is C26H25N5O3. The van der Waals surface area contributed by atoms with Crippen LogP contribution in [-0.2, 0) is 6.61 Å². The lowest BCUT2D eigenvalue weighted by Gasteiger charge is -2.35. The molecule has 8 heteroatoms. The average Bonchev–Trinajstić information content (AvgIpc) is 2.90. The van der Waals surface area contributed by atoms with E-state index in [1.54, 1.807) is 31.5 Å². The minimum Gasteiger partial charge on any atom is -0.472 e. The predicted octanol–water partition coefficient (Wildman–Crippen LogP) is 2.94.